The van der Waals surface area contributed by atoms with Crippen molar-refractivity contribution in [2.75, 3.05) is 13.1 Å². The highest BCUT2D eigenvalue weighted by atomic mass is 79.9. The molecule has 102 valence electrons. The van der Waals surface area contributed by atoms with Crippen LogP contribution in [0.4, 0.5) is 0 Å². The molecule has 0 spiro atoms. The molecule has 1 N–H and O–H groups in total. The molecule has 0 aliphatic carbocycles. The first-order valence-corrected chi connectivity index (χ1v) is 8.18. The molecule has 0 amide bonds. The van der Waals surface area contributed by atoms with E-state index >= 15 is 0 Å². The Bertz CT molecular complexity index is 385. The average Bonchev–Trinajstić information content (AvgIpc) is 2.56. The Morgan fingerprint density at radius 3 is 2.50 bits per heavy atom. The van der Waals surface area contributed by atoms with Crippen LogP contribution in [0.5, 0.6) is 0 Å². The molecule has 0 aliphatic heterocycles. The molecule has 0 atom stereocenters. The summed E-state index contributed by atoms with van der Waals surface area (Å²) < 4.78 is 1.22. The van der Waals surface area contributed by atoms with Crippen LogP contribution >= 0.6 is 27.3 Å². The smallest absolute Gasteiger partial charge is 0.0317 e. The Labute approximate surface area is 124 Å². The molecular weight excluding hydrogens is 306 g/mol. The number of rotatable bonds is 6. The van der Waals surface area contributed by atoms with Gasteiger partial charge in [0, 0.05) is 20.8 Å². The molecule has 0 fully saturated rings. The molecule has 0 aliphatic rings. The van der Waals surface area contributed by atoms with Crippen molar-refractivity contribution in [1.82, 2.24) is 5.32 Å². The highest BCUT2D eigenvalue weighted by molar-refractivity contribution is 9.10. The Morgan fingerprint density at radius 2 is 2.06 bits per heavy atom. The number of thiophene rings is 1. The van der Waals surface area contributed by atoms with E-state index in [0.717, 1.165) is 13.1 Å². The zero-order valence-electron chi connectivity index (χ0n) is 12.0. The third-order valence-corrected chi connectivity index (χ3v) is 4.91. The lowest BCUT2D eigenvalue weighted by Crippen LogP contribution is -2.23. The molecule has 0 radical (unpaired) electrons. The van der Waals surface area contributed by atoms with Gasteiger partial charge in [-0.3, -0.25) is 0 Å². The largest absolute Gasteiger partial charge is 0.313 e. The molecule has 0 saturated heterocycles. The van der Waals surface area contributed by atoms with E-state index in [1.165, 1.54) is 19.8 Å². The standard InChI is InChI=1S/C15H24BrNS/c1-10(2)8-17-9-13(11(3)4)6-14-7-15(16)12(5)18-14/h6-7,10-11,17H,8-9H2,1-5H3. The summed E-state index contributed by atoms with van der Waals surface area (Å²) in [6.45, 7) is 13.2. The summed E-state index contributed by atoms with van der Waals surface area (Å²) in [5, 5.41) is 3.53. The fourth-order valence-corrected chi connectivity index (χ4v) is 3.20. The topological polar surface area (TPSA) is 12.0 Å². The van der Waals surface area contributed by atoms with E-state index in [0.29, 0.717) is 11.8 Å². The minimum Gasteiger partial charge on any atom is -0.313 e. The van der Waals surface area contributed by atoms with Gasteiger partial charge in [0.05, 0.1) is 0 Å². The predicted molar refractivity (Wildman–Crippen MR) is 87.3 cm³/mol. The Morgan fingerprint density at radius 1 is 1.39 bits per heavy atom. The van der Waals surface area contributed by atoms with Crippen molar-refractivity contribution < 1.29 is 0 Å². The van der Waals surface area contributed by atoms with Crippen molar-refractivity contribution in [3.8, 4) is 0 Å². The van der Waals surface area contributed by atoms with Crippen LogP contribution in [0, 0.1) is 18.8 Å². The monoisotopic (exact) mass is 329 g/mol. The van der Waals surface area contributed by atoms with Crippen molar-refractivity contribution in [2.45, 2.75) is 34.6 Å². The van der Waals surface area contributed by atoms with Crippen LogP contribution in [-0.2, 0) is 0 Å². The summed E-state index contributed by atoms with van der Waals surface area (Å²) in [5.74, 6) is 1.29. The van der Waals surface area contributed by atoms with Gasteiger partial charge in [-0.25, -0.2) is 0 Å². The fourth-order valence-electron chi connectivity index (χ4n) is 1.66. The number of hydrogen-bond acceptors (Lipinski definition) is 2. The van der Waals surface area contributed by atoms with Gasteiger partial charge in [-0.15, -0.1) is 11.3 Å². The van der Waals surface area contributed by atoms with Crippen LogP contribution in [-0.4, -0.2) is 13.1 Å². The van der Waals surface area contributed by atoms with Gasteiger partial charge in [0.1, 0.15) is 0 Å². The molecule has 0 aromatic carbocycles. The minimum absolute atomic E-state index is 0.589. The Hall–Kier alpha value is -0.120. The zero-order chi connectivity index (χ0) is 13.7. The van der Waals surface area contributed by atoms with Crippen molar-refractivity contribution >= 4 is 33.3 Å². The summed E-state index contributed by atoms with van der Waals surface area (Å²) >= 11 is 5.43. The molecule has 18 heavy (non-hydrogen) atoms. The van der Waals surface area contributed by atoms with Gasteiger partial charge in [-0.05, 0) is 53.4 Å². The lowest BCUT2D eigenvalue weighted by atomic mass is 10.0. The number of hydrogen-bond donors (Lipinski definition) is 1. The summed E-state index contributed by atoms with van der Waals surface area (Å²) in [6.07, 6.45) is 2.33. The van der Waals surface area contributed by atoms with E-state index in [1.54, 1.807) is 0 Å². The zero-order valence-corrected chi connectivity index (χ0v) is 14.4. The second-order valence-corrected chi connectivity index (χ2v) is 7.59. The number of nitrogens with one attached hydrogen (secondary N) is 1. The second kappa shape index (κ2) is 7.46. The van der Waals surface area contributed by atoms with Crippen molar-refractivity contribution in [2.24, 2.45) is 11.8 Å². The first-order valence-electron chi connectivity index (χ1n) is 6.57. The highest BCUT2D eigenvalue weighted by Crippen LogP contribution is 2.28. The van der Waals surface area contributed by atoms with Crippen LogP contribution in [0.15, 0.2) is 16.1 Å². The molecule has 1 aromatic heterocycles. The molecule has 1 heterocycles. The Kier molecular flexibility index (Phi) is 6.61. The van der Waals surface area contributed by atoms with E-state index in [4.69, 9.17) is 0 Å². The Balaban J connectivity index is 2.71. The van der Waals surface area contributed by atoms with Crippen LogP contribution < -0.4 is 5.32 Å². The predicted octanol–water partition coefficient (Wildman–Crippen LogP) is 5.10. The SMILES string of the molecule is Cc1sc(C=C(CNCC(C)C)C(C)C)cc1Br. The summed E-state index contributed by atoms with van der Waals surface area (Å²) in [6, 6.07) is 2.21. The fraction of sp³-hybridized carbons (Fsp3) is 0.600. The maximum absolute atomic E-state index is 3.58. The molecule has 0 saturated carbocycles. The van der Waals surface area contributed by atoms with E-state index < -0.39 is 0 Å². The van der Waals surface area contributed by atoms with Crippen LogP contribution in [0.2, 0.25) is 0 Å². The minimum atomic E-state index is 0.589. The van der Waals surface area contributed by atoms with Gasteiger partial charge in [0.25, 0.3) is 0 Å². The van der Waals surface area contributed by atoms with Crippen molar-refractivity contribution in [1.29, 1.82) is 0 Å². The molecule has 0 unspecified atom stereocenters. The second-order valence-electron chi connectivity index (χ2n) is 5.45. The lowest BCUT2D eigenvalue weighted by Gasteiger charge is -2.13. The first kappa shape index (κ1) is 15.9. The summed E-state index contributed by atoms with van der Waals surface area (Å²) in [5.41, 5.74) is 1.48. The van der Waals surface area contributed by atoms with Gasteiger partial charge in [0.2, 0.25) is 0 Å². The third kappa shape index (κ3) is 5.25. The molecule has 3 heteroatoms. The summed E-state index contributed by atoms with van der Waals surface area (Å²) in [7, 11) is 0. The van der Waals surface area contributed by atoms with E-state index in [-0.39, 0.29) is 0 Å². The summed E-state index contributed by atoms with van der Waals surface area (Å²) in [4.78, 5) is 2.69. The molecule has 1 rings (SSSR count). The maximum atomic E-state index is 3.58. The maximum Gasteiger partial charge on any atom is 0.0317 e. The normalized spacial score (nSPS) is 12.8. The van der Waals surface area contributed by atoms with Crippen molar-refractivity contribution in [3.05, 3.63) is 25.9 Å². The molecule has 1 aromatic rings. The third-order valence-electron chi connectivity index (χ3n) is 2.83. The molecule has 1 nitrogen and oxygen atoms in total. The van der Waals surface area contributed by atoms with Gasteiger partial charge < -0.3 is 5.32 Å². The van der Waals surface area contributed by atoms with Crippen LogP contribution in [0.3, 0.4) is 0 Å². The number of aryl methyl sites for hydroxylation is 1. The van der Waals surface area contributed by atoms with E-state index in [9.17, 15) is 0 Å². The van der Waals surface area contributed by atoms with Crippen LogP contribution in [0.1, 0.15) is 37.4 Å². The molecular formula is C15H24BrNS. The quantitative estimate of drug-likeness (QED) is 0.765. The van der Waals surface area contributed by atoms with E-state index in [2.05, 4.69) is 68.0 Å². The average molecular weight is 330 g/mol. The van der Waals surface area contributed by atoms with Gasteiger partial charge in [0.15, 0.2) is 0 Å². The van der Waals surface area contributed by atoms with Crippen LogP contribution in [0.25, 0.3) is 6.08 Å². The van der Waals surface area contributed by atoms with Gasteiger partial charge in [-0.1, -0.05) is 33.3 Å². The van der Waals surface area contributed by atoms with Crippen molar-refractivity contribution in [3.63, 3.8) is 0 Å². The van der Waals surface area contributed by atoms with Gasteiger partial charge in [-0.2, -0.15) is 0 Å². The number of halogens is 1. The van der Waals surface area contributed by atoms with E-state index in [1.807, 2.05) is 11.3 Å². The molecule has 0 bridgehead atoms. The highest BCUT2D eigenvalue weighted by Gasteiger charge is 2.06. The lowest BCUT2D eigenvalue weighted by molar-refractivity contribution is 0.558. The van der Waals surface area contributed by atoms with Gasteiger partial charge >= 0.3 is 0 Å². The first-order chi connectivity index (χ1) is 8.40.